The van der Waals surface area contributed by atoms with Crippen molar-refractivity contribution in [3.05, 3.63) is 47.9 Å². The molecule has 1 amide bonds. The van der Waals surface area contributed by atoms with Crippen molar-refractivity contribution < 1.29 is 27.1 Å². The average molecular weight is 494 g/mol. The maximum absolute atomic E-state index is 14.2. The molecule has 3 heterocycles. The summed E-state index contributed by atoms with van der Waals surface area (Å²) >= 11 is 0. The number of carbonyl (C=O) groups excluding carboxylic acids is 1. The quantitative estimate of drug-likeness (QED) is 0.449. The molecule has 1 fully saturated rings. The van der Waals surface area contributed by atoms with E-state index in [-0.39, 0.29) is 29.6 Å². The van der Waals surface area contributed by atoms with Crippen molar-refractivity contribution in [1.29, 1.82) is 0 Å². The third-order valence-electron chi connectivity index (χ3n) is 6.17. The first-order chi connectivity index (χ1) is 16.6. The highest BCUT2D eigenvalue weighted by Crippen LogP contribution is 2.36. The fourth-order valence-electron chi connectivity index (χ4n) is 4.08. The van der Waals surface area contributed by atoms with Gasteiger partial charge < -0.3 is 14.5 Å². The second-order valence-corrected chi connectivity index (χ2v) is 8.73. The van der Waals surface area contributed by atoms with Gasteiger partial charge in [-0.05, 0) is 51.2 Å². The molecule has 1 aliphatic heterocycles. The van der Waals surface area contributed by atoms with E-state index in [1.54, 1.807) is 19.1 Å². The fraction of sp³-hybridized carbons (Fsp3) is 0.458. The fourth-order valence-corrected chi connectivity index (χ4v) is 4.08. The number of piperidine rings is 1. The van der Waals surface area contributed by atoms with E-state index in [0.29, 0.717) is 10.9 Å². The number of likely N-dealkylation sites (tertiary alicyclic amines) is 1. The van der Waals surface area contributed by atoms with Gasteiger partial charge in [0.2, 0.25) is 6.36 Å². The lowest BCUT2D eigenvalue weighted by Gasteiger charge is -2.28. The lowest BCUT2D eigenvalue weighted by Crippen LogP contribution is -2.31. The van der Waals surface area contributed by atoms with E-state index in [2.05, 4.69) is 22.0 Å². The molecule has 1 atom stereocenters. The Morgan fingerprint density at radius 2 is 1.97 bits per heavy atom. The largest absolute Gasteiger partial charge is 0.458 e. The summed E-state index contributed by atoms with van der Waals surface area (Å²) in [4.78, 5) is 19.9. The summed E-state index contributed by atoms with van der Waals surface area (Å²) in [6.45, 7) is 3.50. The van der Waals surface area contributed by atoms with Gasteiger partial charge in [0.25, 0.3) is 5.91 Å². The molecule has 35 heavy (non-hydrogen) atoms. The molecule has 3 aromatic rings. The molecular formula is C24H27F4N5O2. The Morgan fingerprint density at radius 1 is 1.26 bits per heavy atom. The highest BCUT2D eigenvalue weighted by atomic mass is 19.4. The van der Waals surface area contributed by atoms with Crippen LogP contribution in [-0.4, -0.2) is 59.1 Å². The molecule has 188 valence electrons. The summed E-state index contributed by atoms with van der Waals surface area (Å²) in [6.07, 6.45) is -2.50. The zero-order valence-electron chi connectivity index (χ0n) is 19.7. The smallest absolute Gasteiger partial charge is 0.433 e. The van der Waals surface area contributed by atoms with Crippen LogP contribution in [0.1, 0.15) is 48.4 Å². The summed E-state index contributed by atoms with van der Waals surface area (Å²) in [5.41, 5.74) is -0.773. The van der Waals surface area contributed by atoms with Crippen molar-refractivity contribution in [1.82, 2.24) is 19.7 Å². The predicted octanol–water partition coefficient (Wildman–Crippen LogP) is 5.08. The minimum atomic E-state index is -4.69. The first kappa shape index (κ1) is 24.9. The van der Waals surface area contributed by atoms with E-state index < -0.39 is 24.1 Å². The zero-order valence-corrected chi connectivity index (χ0v) is 19.7. The molecule has 0 spiro atoms. The van der Waals surface area contributed by atoms with Gasteiger partial charge in [-0.1, -0.05) is 13.0 Å². The first-order valence-electron chi connectivity index (χ1n) is 11.4. The summed E-state index contributed by atoms with van der Waals surface area (Å²) in [5, 5.41) is 5.36. The van der Waals surface area contributed by atoms with Crippen LogP contribution in [0.5, 0.6) is 5.75 Å². The zero-order chi connectivity index (χ0) is 25.3. The van der Waals surface area contributed by atoms with Gasteiger partial charge in [0.15, 0.2) is 0 Å². The van der Waals surface area contributed by atoms with Crippen LogP contribution in [0.4, 0.5) is 23.2 Å². The molecule has 2 aromatic heterocycles. The van der Waals surface area contributed by atoms with Gasteiger partial charge in [-0.2, -0.15) is 18.3 Å². The number of amides is 1. The second-order valence-electron chi connectivity index (χ2n) is 8.73. The van der Waals surface area contributed by atoms with E-state index in [4.69, 9.17) is 4.74 Å². The number of hydrogen-bond acceptors (Lipinski definition) is 5. The number of benzene rings is 1. The number of pyridine rings is 1. The number of ether oxygens (including phenoxy) is 1. The maximum Gasteiger partial charge on any atom is 0.433 e. The minimum absolute atomic E-state index is 0.0725. The number of aromatic nitrogens is 3. The summed E-state index contributed by atoms with van der Waals surface area (Å²) in [7, 11) is 3.46. The van der Waals surface area contributed by atoms with E-state index >= 15 is 0 Å². The first-order valence-corrected chi connectivity index (χ1v) is 11.4. The molecule has 0 saturated carbocycles. The number of rotatable bonds is 6. The second kappa shape index (κ2) is 9.80. The van der Waals surface area contributed by atoms with Gasteiger partial charge >= 0.3 is 6.18 Å². The summed E-state index contributed by atoms with van der Waals surface area (Å²) in [5.74, 6) is -0.710. The van der Waals surface area contributed by atoms with Gasteiger partial charge in [0.05, 0.1) is 17.2 Å². The van der Waals surface area contributed by atoms with Crippen molar-refractivity contribution >= 4 is 22.5 Å². The van der Waals surface area contributed by atoms with Crippen LogP contribution < -0.4 is 9.64 Å². The molecular weight excluding hydrogens is 466 g/mol. The molecule has 1 saturated heterocycles. The van der Waals surface area contributed by atoms with Crippen LogP contribution in [0, 0.1) is 0 Å². The van der Waals surface area contributed by atoms with Gasteiger partial charge in [-0.15, -0.1) is 0 Å². The Labute approximate surface area is 200 Å². The predicted molar refractivity (Wildman–Crippen MR) is 123 cm³/mol. The molecule has 0 radical (unpaired) electrons. The number of anilines is 1. The van der Waals surface area contributed by atoms with Gasteiger partial charge in [-0.3, -0.25) is 9.48 Å². The monoisotopic (exact) mass is 493 g/mol. The average Bonchev–Trinajstić information content (AvgIpc) is 3.25. The minimum Gasteiger partial charge on any atom is -0.458 e. The molecule has 1 aliphatic rings. The van der Waals surface area contributed by atoms with E-state index in [1.165, 1.54) is 13.1 Å². The van der Waals surface area contributed by atoms with E-state index in [0.717, 1.165) is 43.0 Å². The number of alkyl halides is 4. The van der Waals surface area contributed by atoms with Crippen molar-refractivity contribution in [2.45, 2.75) is 44.8 Å². The van der Waals surface area contributed by atoms with Crippen molar-refractivity contribution in [3.63, 3.8) is 0 Å². The molecule has 0 aliphatic carbocycles. The normalized spacial score (nSPS) is 16.4. The SMILES string of the molecule is CCC(F)Oc1cc2nn(C3CCN(C)CC3)cc2cc1N(C)C(=O)c1cccc(C(F)(F)F)n1. The summed E-state index contributed by atoms with van der Waals surface area (Å²) in [6, 6.07) is 6.53. The third-order valence-corrected chi connectivity index (χ3v) is 6.17. The molecule has 1 aromatic carbocycles. The van der Waals surface area contributed by atoms with Crippen LogP contribution >= 0.6 is 0 Å². The topological polar surface area (TPSA) is 63.5 Å². The van der Waals surface area contributed by atoms with Crippen molar-refractivity contribution in [2.24, 2.45) is 0 Å². The number of carbonyl (C=O) groups is 1. The lowest BCUT2D eigenvalue weighted by atomic mass is 10.1. The molecule has 7 nitrogen and oxygen atoms in total. The highest BCUT2D eigenvalue weighted by Gasteiger charge is 2.33. The Morgan fingerprint density at radius 3 is 2.63 bits per heavy atom. The molecule has 4 rings (SSSR count). The number of halogens is 4. The Kier molecular flexibility index (Phi) is 6.98. The highest BCUT2D eigenvalue weighted by molar-refractivity contribution is 6.06. The van der Waals surface area contributed by atoms with Gasteiger partial charge in [0, 0.05) is 31.1 Å². The van der Waals surface area contributed by atoms with Crippen LogP contribution in [0.3, 0.4) is 0 Å². The molecule has 1 unspecified atom stereocenters. The van der Waals surface area contributed by atoms with Gasteiger partial charge in [0.1, 0.15) is 17.1 Å². The number of fused-ring (bicyclic) bond motifs is 1. The Bertz CT molecular complexity index is 1200. The van der Waals surface area contributed by atoms with E-state index in [9.17, 15) is 22.4 Å². The third kappa shape index (κ3) is 5.39. The standard InChI is InChI=1S/C24H27F4N5O2/c1-4-22(25)35-20-13-18-15(14-33(30-18)16-8-10-31(2)11-9-16)12-19(20)32(3)23(34)17-6-5-7-21(29-17)24(26,27)28/h5-7,12-14,16,22H,4,8-11H2,1-3H3. The number of hydrogen-bond donors (Lipinski definition) is 0. The Hall–Kier alpha value is -3.21. The molecule has 0 bridgehead atoms. The molecule has 11 heteroatoms. The van der Waals surface area contributed by atoms with Crippen LogP contribution in [0.15, 0.2) is 36.5 Å². The van der Waals surface area contributed by atoms with Crippen molar-refractivity contribution in [2.75, 3.05) is 32.1 Å². The van der Waals surface area contributed by atoms with Crippen LogP contribution in [-0.2, 0) is 6.18 Å². The van der Waals surface area contributed by atoms with E-state index in [1.807, 2.05) is 10.9 Å². The van der Waals surface area contributed by atoms with Crippen molar-refractivity contribution in [3.8, 4) is 5.75 Å². The molecule has 0 N–H and O–H groups in total. The number of nitrogens with zero attached hydrogens (tertiary/aromatic N) is 5. The Balaban J connectivity index is 1.71. The van der Waals surface area contributed by atoms with Crippen LogP contribution in [0.25, 0.3) is 10.9 Å². The maximum atomic E-state index is 14.2. The lowest BCUT2D eigenvalue weighted by molar-refractivity contribution is -0.141. The summed E-state index contributed by atoms with van der Waals surface area (Å²) < 4.78 is 60.8. The van der Waals surface area contributed by atoms with Gasteiger partial charge in [-0.25, -0.2) is 9.37 Å². The van der Waals surface area contributed by atoms with Crippen LogP contribution in [0.2, 0.25) is 0 Å².